The van der Waals surface area contributed by atoms with E-state index in [1.165, 1.54) is 0 Å². The van der Waals surface area contributed by atoms with Crippen LogP contribution in [0.4, 0.5) is 5.95 Å². The standard InChI is InChI=1S/C10H16N4/c1-8-7-14(6-3-9(8)11)10-12-4-2-5-13-10/h2,4-5,8-9H,3,6-7,11H2,1H3. The van der Waals surface area contributed by atoms with Crippen LogP contribution in [0.3, 0.4) is 0 Å². The second-order valence-corrected chi connectivity index (χ2v) is 3.92. The SMILES string of the molecule is CC1CN(c2ncccn2)CCC1N. The highest BCUT2D eigenvalue weighted by Crippen LogP contribution is 2.18. The zero-order valence-corrected chi connectivity index (χ0v) is 8.43. The Morgan fingerprint density at radius 2 is 2.14 bits per heavy atom. The molecule has 0 amide bonds. The molecule has 1 aliphatic rings. The summed E-state index contributed by atoms with van der Waals surface area (Å²) < 4.78 is 0. The Morgan fingerprint density at radius 1 is 1.43 bits per heavy atom. The van der Waals surface area contributed by atoms with Gasteiger partial charge in [-0.2, -0.15) is 0 Å². The van der Waals surface area contributed by atoms with Gasteiger partial charge in [0.05, 0.1) is 0 Å². The number of anilines is 1. The molecular formula is C10H16N4. The molecule has 14 heavy (non-hydrogen) atoms. The lowest BCUT2D eigenvalue weighted by molar-refractivity contribution is 0.379. The van der Waals surface area contributed by atoms with Crippen molar-refractivity contribution >= 4 is 5.95 Å². The minimum absolute atomic E-state index is 0.329. The average molecular weight is 192 g/mol. The van der Waals surface area contributed by atoms with E-state index in [0.29, 0.717) is 12.0 Å². The average Bonchev–Trinajstić information content (AvgIpc) is 2.23. The molecule has 2 rings (SSSR count). The Kier molecular flexibility index (Phi) is 2.63. The van der Waals surface area contributed by atoms with Gasteiger partial charge in [-0.05, 0) is 18.4 Å². The van der Waals surface area contributed by atoms with Gasteiger partial charge in [0.15, 0.2) is 0 Å². The van der Waals surface area contributed by atoms with Gasteiger partial charge in [-0.15, -0.1) is 0 Å². The molecule has 0 bridgehead atoms. The number of nitrogens with two attached hydrogens (primary N) is 1. The Labute approximate surface area is 84.2 Å². The smallest absolute Gasteiger partial charge is 0.225 e. The number of aromatic nitrogens is 2. The second kappa shape index (κ2) is 3.92. The van der Waals surface area contributed by atoms with E-state index in [1.54, 1.807) is 12.4 Å². The molecule has 1 saturated heterocycles. The molecule has 2 N–H and O–H groups in total. The van der Waals surface area contributed by atoms with Crippen LogP contribution in [0.2, 0.25) is 0 Å². The van der Waals surface area contributed by atoms with Gasteiger partial charge < -0.3 is 10.6 Å². The highest BCUT2D eigenvalue weighted by Gasteiger charge is 2.24. The van der Waals surface area contributed by atoms with Crippen LogP contribution in [0.15, 0.2) is 18.5 Å². The summed E-state index contributed by atoms with van der Waals surface area (Å²) in [6.45, 7) is 4.11. The lowest BCUT2D eigenvalue weighted by Gasteiger charge is -2.34. The Morgan fingerprint density at radius 3 is 2.79 bits per heavy atom. The zero-order valence-electron chi connectivity index (χ0n) is 8.43. The molecule has 1 aliphatic heterocycles. The molecular weight excluding hydrogens is 176 g/mol. The van der Waals surface area contributed by atoms with Crippen molar-refractivity contribution in [1.82, 2.24) is 9.97 Å². The number of rotatable bonds is 1. The molecule has 0 saturated carbocycles. The molecule has 2 heterocycles. The van der Waals surface area contributed by atoms with E-state index in [0.717, 1.165) is 25.5 Å². The van der Waals surface area contributed by atoms with Crippen LogP contribution in [0.1, 0.15) is 13.3 Å². The van der Waals surface area contributed by atoms with Crippen LogP contribution < -0.4 is 10.6 Å². The Balaban J connectivity index is 2.07. The van der Waals surface area contributed by atoms with E-state index >= 15 is 0 Å². The molecule has 2 atom stereocenters. The molecule has 1 aromatic heterocycles. The summed E-state index contributed by atoms with van der Waals surface area (Å²) in [6.07, 6.45) is 4.59. The molecule has 76 valence electrons. The van der Waals surface area contributed by atoms with E-state index in [2.05, 4.69) is 21.8 Å². The first kappa shape index (κ1) is 9.40. The summed E-state index contributed by atoms with van der Waals surface area (Å²) in [6, 6.07) is 2.16. The number of hydrogen-bond donors (Lipinski definition) is 1. The molecule has 0 radical (unpaired) electrons. The Bertz CT molecular complexity index is 287. The van der Waals surface area contributed by atoms with Crippen LogP contribution in [0.25, 0.3) is 0 Å². The van der Waals surface area contributed by atoms with Gasteiger partial charge in [0.25, 0.3) is 0 Å². The van der Waals surface area contributed by atoms with E-state index in [1.807, 2.05) is 6.07 Å². The summed E-state index contributed by atoms with van der Waals surface area (Å²) in [7, 11) is 0. The molecule has 0 spiro atoms. The van der Waals surface area contributed by atoms with Gasteiger partial charge in [-0.3, -0.25) is 0 Å². The molecule has 1 fully saturated rings. The van der Waals surface area contributed by atoms with Crippen molar-refractivity contribution in [2.45, 2.75) is 19.4 Å². The first-order valence-corrected chi connectivity index (χ1v) is 5.05. The third kappa shape index (κ3) is 1.85. The predicted molar refractivity (Wildman–Crippen MR) is 56.0 cm³/mol. The quantitative estimate of drug-likeness (QED) is 0.710. The van der Waals surface area contributed by atoms with Crippen LogP contribution in [0, 0.1) is 5.92 Å². The summed E-state index contributed by atoms with van der Waals surface area (Å²) in [5, 5.41) is 0. The minimum Gasteiger partial charge on any atom is -0.340 e. The summed E-state index contributed by atoms with van der Waals surface area (Å²) in [5.41, 5.74) is 5.95. The van der Waals surface area contributed by atoms with Gasteiger partial charge in [-0.25, -0.2) is 9.97 Å². The maximum absolute atomic E-state index is 5.95. The number of piperidine rings is 1. The maximum atomic E-state index is 5.95. The molecule has 0 aromatic carbocycles. The van der Waals surface area contributed by atoms with Crippen LogP contribution in [-0.4, -0.2) is 29.1 Å². The lowest BCUT2D eigenvalue weighted by atomic mass is 9.95. The van der Waals surface area contributed by atoms with Crippen molar-refractivity contribution in [1.29, 1.82) is 0 Å². The molecule has 4 nitrogen and oxygen atoms in total. The van der Waals surface area contributed by atoms with Crippen LogP contribution >= 0.6 is 0 Å². The first-order chi connectivity index (χ1) is 6.77. The predicted octanol–water partition coefficient (Wildman–Crippen LogP) is 0.650. The summed E-state index contributed by atoms with van der Waals surface area (Å²) >= 11 is 0. The molecule has 2 unspecified atom stereocenters. The topological polar surface area (TPSA) is 55.0 Å². The minimum atomic E-state index is 0.329. The van der Waals surface area contributed by atoms with Crippen molar-refractivity contribution in [2.24, 2.45) is 11.7 Å². The van der Waals surface area contributed by atoms with Crippen molar-refractivity contribution in [3.8, 4) is 0 Å². The van der Waals surface area contributed by atoms with Crippen LogP contribution in [0.5, 0.6) is 0 Å². The van der Waals surface area contributed by atoms with Gasteiger partial charge in [0.2, 0.25) is 5.95 Å². The van der Waals surface area contributed by atoms with E-state index in [-0.39, 0.29) is 0 Å². The zero-order chi connectivity index (χ0) is 9.97. The van der Waals surface area contributed by atoms with Gasteiger partial charge in [0.1, 0.15) is 0 Å². The fraction of sp³-hybridized carbons (Fsp3) is 0.600. The first-order valence-electron chi connectivity index (χ1n) is 5.05. The highest BCUT2D eigenvalue weighted by atomic mass is 15.3. The van der Waals surface area contributed by atoms with Gasteiger partial charge in [-0.1, -0.05) is 6.92 Å². The Hall–Kier alpha value is -1.16. The number of nitrogens with zero attached hydrogens (tertiary/aromatic N) is 3. The van der Waals surface area contributed by atoms with E-state index < -0.39 is 0 Å². The lowest BCUT2D eigenvalue weighted by Crippen LogP contribution is -2.46. The van der Waals surface area contributed by atoms with Crippen molar-refractivity contribution < 1.29 is 0 Å². The van der Waals surface area contributed by atoms with Crippen molar-refractivity contribution in [3.05, 3.63) is 18.5 Å². The fourth-order valence-corrected chi connectivity index (χ4v) is 1.80. The van der Waals surface area contributed by atoms with Gasteiger partial charge >= 0.3 is 0 Å². The summed E-state index contributed by atoms with van der Waals surface area (Å²) in [4.78, 5) is 10.7. The number of hydrogen-bond acceptors (Lipinski definition) is 4. The third-order valence-electron chi connectivity index (χ3n) is 2.81. The highest BCUT2D eigenvalue weighted by molar-refractivity contribution is 5.29. The molecule has 4 heteroatoms. The second-order valence-electron chi connectivity index (χ2n) is 3.92. The monoisotopic (exact) mass is 192 g/mol. The normalized spacial score (nSPS) is 27.7. The maximum Gasteiger partial charge on any atom is 0.225 e. The van der Waals surface area contributed by atoms with Crippen molar-refractivity contribution in [2.75, 3.05) is 18.0 Å². The molecule has 1 aromatic rings. The van der Waals surface area contributed by atoms with E-state index in [4.69, 9.17) is 5.73 Å². The van der Waals surface area contributed by atoms with Gasteiger partial charge in [0, 0.05) is 31.5 Å². The molecule has 0 aliphatic carbocycles. The largest absolute Gasteiger partial charge is 0.340 e. The fourth-order valence-electron chi connectivity index (χ4n) is 1.80. The third-order valence-corrected chi connectivity index (χ3v) is 2.81. The summed E-state index contributed by atoms with van der Waals surface area (Å²) in [5.74, 6) is 1.35. The van der Waals surface area contributed by atoms with Crippen LogP contribution in [-0.2, 0) is 0 Å². The van der Waals surface area contributed by atoms with E-state index in [9.17, 15) is 0 Å². The van der Waals surface area contributed by atoms with Crippen molar-refractivity contribution in [3.63, 3.8) is 0 Å².